The number of halogens is 1. The van der Waals surface area contributed by atoms with Crippen LogP contribution in [0.1, 0.15) is 0 Å². The molecular weight excluding hydrogens is 335 g/mol. The summed E-state index contributed by atoms with van der Waals surface area (Å²) < 4.78 is 10.8. The average Bonchev–Trinajstić information content (AvgIpc) is 2.38. The second kappa shape index (κ2) is 6.85. The van der Waals surface area contributed by atoms with Crippen LogP contribution in [0.25, 0.3) is 0 Å². The molecule has 0 amide bonds. The molecule has 0 saturated carbocycles. The van der Waals surface area contributed by atoms with Crippen molar-refractivity contribution in [2.75, 3.05) is 0 Å². The maximum absolute atomic E-state index is 11.1. The van der Waals surface area contributed by atoms with Gasteiger partial charge in [-0.05, 0) is 0 Å². The molecule has 0 atom stereocenters. The Morgan fingerprint density at radius 3 is 1.88 bits per heavy atom. The Balaban J connectivity index is 2.86. The molecule has 0 fully saturated rings. The first-order valence-corrected chi connectivity index (χ1v) is 7.46. The zero-order valence-corrected chi connectivity index (χ0v) is 11.1. The molecule has 0 aliphatic carbocycles. The van der Waals surface area contributed by atoms with Crippen molar-refractivity contribution in [2.24, 2.45) is 0 Å². The van der Waals surface area contributed by atoms with E-state index in [9.17, 15) is 9.59 Å². The monoisotopic (exact) mass is 346 g/mol. The van der Waals surface area contributed by atoms with E-state index in [0.717, 1.165) is 12.2 Å². The van der Waals surface area contributed by atoms with E-state index in [4.69, 9.17) is 6.13 Å². The molecule has 1 aromatic rings. The predicted molar refractivity (Wildman–Crippen MR) is 71.7 cm³/mol. The molecule has 0 heterocycles. The molecule has 0 unspecified atom stereocenters. The van der Waals surface area contributed by atoms with E-state index >= 15 is 0 Å². The molecule has 5 heteroatoms. The number of benzene rings is 1. The van der Waals surface area contributed by atoms with Crippen molar-refractivity contribution in [1.29, 1.82) is 0 Å². The van der Waals surface area contributed by atoms with Crippen LogP contribution in [0.4, 0.5) is 0 Å². The number of hydrogen-bond acceptors (Lipinski definition) is 4. The molecule has 0 radical (unpaired) electrons. The summed E-state index contributed by atoms with van der Waals surface area (Å²) in [4.78, 5) is 22.3. The van der Waals surface area contributed by atoms with Crippen LogP contribution in [-0.4, -0.2) is 11.9 Å². The van der Waals surface area contributed by atoms with Crippen molar-refractivity contribution in [3.63, 3.8) is 0 Å². The third-order valence-corrected chi connectivity index (χ3v) is 4.94. The molecule has 0 aromatic heterocycles. The van der Waals surface area contributed by atoms with Crippen molar-refractivity contribution in [3.05, 3.63) is 59.2 Å². The van der Waals surface area contributed by atoms with Crippen molar-refractivity contribution >= 4 is 32.6 Å². The van der Waals surface area contributed by atoms with Crippen LogP contribution < -0.4 is 0 Å². The van der Waals surface area contributed by atoms with Crippen molar-refractivity contribution in [2.45, 2.75) is 0 Å². The molecule has 1 aromatic carbocycles. The van der Waals surface area contributed by atoms with Crippen molar-refractivity contribution in [1.82, 2.24) is 0 Å². The molecule has 4 nitrogen and oxygen atoms in total. The first-order chi connectivity index (χ1) is 8.17. The molecular formula is C12H11IO4. The average molecular weight is 346 g/mol. The standard InChI is InChI=1S/C12H11IO4/c1-3-11(14)16-13(17-12(15)4-2)10-8-6-5-7-9-10/h3-9H,1-2H2. The van der Waals surface area contributed by atoms with E-state index in [2.05, 4.69) is 13.2 Å². The van der Waals surface area contributed by atoms with Gasteiger partial charge in [0.2, 0.25) is 0 Å². The van der Waals surface area contributed by atoms with Gasteiger partial charge in [0.1, 0.15) is 0 Å². The fraction of sp³-hybridized carbons (Fsp3) is 0. The number of carbonyl (C=O) groups excluding carboxylic acids is 2. The van der Waals surface area contributed by atoms with Gasteiger partial charge in [-0.25, -0.2) is 0 Å². The van der Waals surface area contributed by atoms with Gasteiger partial charge in [0.05, 0.1) is 0 Å². The summed E-state index contributed by atoms with van der Waals surface area (Å²) >= 11 is -2.78. The normalized spacial score (nSPS) is 10.0. The SMILES string of the molecule is C=CC(=O)OI(OC(=O)C=C)c1ccccc1. The Labute approximate surface area is 107 Å². The van der Waals surface area contributed by atoms with Gasteiger partial charge < -0.3 is 0 Å². The summed E-state index contributed by atoms with van der Waals surface area (Å²) in [5.74, 6) is -1.20. The first kappa shape index (κ1) is 13.4. The number of carbonyl (C=O) groups is 2. The summed E-state index contributed by atoms with van der Waals surface area (Å²) in [6, 6.07) is 8.88. The number of hydrogen-bond donors (Lipinski definition) is 0. The van der Waals surface area contributed by atoms with E-state index in [-0.39, 0.29) is 0 Å². The zero-order valence-electron chi connectivity index (χ0n) is 8.97. The molecule has 0 saturated heterocycles. The minimum absolute atomic E-state index is 0.601. The molecule has 1 rings (SSSR count). The Hall–Kier alpha value is -1.63. The van der Waals surface area contributed by atoms with Gasteiger partial charge in [-0.15, -0.1) is 0 Å². The van der Waals surface area contributed by atoms with E-state index in [1.165, 1.54) is 0 Å². The van der Waals surface area contributed by atoms with Crippen LogP contribution in [0.15, 0.2) is 55.6 Å². The van der Waals surface area contributed by atoms with Gasteiger partial charge >= 0.3 is 108 Å². The van der Waals surface area contributed by atoms with E-state index in [0.29, 0.717) is 3.57 Å². The molecule has 90 valence electrons. The van der Waals surface area contributed by atoms with Gasteiger partial charge in [0.15, 0.2) is 0 Å². The summed E-state index contributed by atoms with van der Waals surface area (Å²) in [5, 5.41) is 0. The van der Waals surface area contributed by atoms with Crippen LogP contribution >= 0.6 is 20.6 Å². The molecule has 0 N–H and O–H groups in total. The summed E-state index contributed by atoms with van der Waals surface area (Å²) in [6.07, 6.45) is 2.07. The van der Waals surface area contributed by atoms with Crippen LogP contribution in [-0.2, 0) is 15.7 Å². The van der Waals surface area contributed by atoms with Gasteiger partial charge in [0.25, 0.3) is 0 Å². The fourth-order valence-corrected chi connectivity index (χ4v) is 3.57. The third kappa shape index (κ3) is 4.39. The minimum atomic E-state index is -2.78. The Bertz CT molecular complexity index is 405. The molecule has 0 spiro atoms. The Kier molecular flexibility index (Phi) is 5.41. The van der Waals surface area contributed by atoms with Gasteiger partial charge in [-0.2, -0.15) is 0 Å². The Morgan fingerprint density at radius 2 is 1.47 bits per heavy atom. The van der Waals surface area contributed by atoms with E-state index in [1.54, 1.807) is 24.3 Å². The van der Waals surface area contributed by atoms with Crippen LogP contribution in [0, 0.1) is 3.57 Å². The quantitative estimate of drug-likeness (QED) is 0.608. The van der Waals surface area contributed by atoms with Gasteiger partial charge in [0, 0.05) is 0 Å². The van der Waals surface area contributed by atoms with Crippen LogP contribution in [0.5, 0.6) is 0 Å². The zero-order chi connectivity index (χ0) is 12.7. The predicted octanol–water partition coefficient (Wildman–Crippen LogP) is 2.65. The summed E-state index contributed by atoms with van der Waals surface area (Å²) in [5.41, 5.74) is 0. The van der Waals surface area contributed by atoms with Crippen molar-refractivity contribution in [3.8, 4) is 0 Å². The van der Waals surface area contributed by atoms with Crippen LogP contribution in [0.3, 0.4) is 0 Å². The molecule has 0 aliphatic heterocycles. The van der Waals surface area contributed by atoms with Crippen LogP contribution in [0.2, 0.25) is 0 Å². The first-order valence-electron chi connectivity index (χ1n) is 4.62. The topological polar surface area (TPSA) is 52.6 Å². The van der Waals surface area contributed by atoms with E-state index in [1.807, 2.05) is 6.07 Å². The second-order valence-corrected chi connectivity index (χ2v) is 6.08. The van der Waals surface area contributed by atoms with E-state index < -0.39 is 32.6 Å². The molecule has 0 bridgehead atoms. The maximum atomic E-state index is 11.1. The van der Waals surface area contributed by atoms with Crippen molar-refractivity contribution < 1.29 is 15.7 Å². The third-order valence-electron chi connectivity index (χ3n) is 1.54. The fourth-order valence-electron chi connectivity index (χ4n) is 0.823. The molecule has 17 heavy (non-hydrogen) atoms. The second-order valence-electron chi connectivity index (χ2n) is 2.71. The van der Waals surface area contributed by atoms with Gasteiger partial charge in [-0.1, -0.05) is 0 Å². The number of rotatable bonds is 5. The summed E-state index contributed by atoms with van der Waals surface area (Å²) in [6.45, 7) is 6.59. The Morgan fingerprint density at radius 1 is 1.00 bits per heavy atom. The van der Waals surface area contributed by atoms with Gasteiger partial charge in [-0.3, -0.25) is 0 Å². The summed E-state index contributed by atoms with van der Waals surface area (Å²) in [7, 11) is 0. The molecule has 0 aliphatic rings.